The number of rotatable bonds is 3. The number of likely N-dealkylation sites (tertiary alicyclic amines) is 1. The molecule has 0 bridgehead atoms. The SMILES string of the molecule is Cc1ccc(CN2CCCC[C@@H]2CN)s1. The van der Waals surface area contributed by atoms with E-state index in [1.807, 2.05) is 11.3 Å². The highest BCUT2D eigenvalue weighted by molar-refractivity contribution is 7.11. The summed E-state index contributed by atoms with van der Waals surface area (Å²) in [5.41, 5.74) is 5.81. The molecule has 15 heavy (non-hydrogen) atoms. The van der Waals surface area contributed by atoms with Gasteiger partial charge in [-0.25, -0.2) is 0 Å². The molecular formula is C12H20N2S. The molecule has 1 aromatic heterocycles. The molecule has 0 unspecified atom stereocenters. The predicted octanol–water partition coefficient (Wildman–Crippen LogP) is 2.37. The standard InChI is InChI=1S/C12H20N2S/c1-10-5-6-12(15-10)9-14-7-3-2-4-11(14)8-13/h5-6,11H,2-4,7-9,13H2,1H3/t11-/m1/s1. The summed E-state index contributed by atoms with van der Waals surface area (Å²) in [6, 6.07) is 5.07. The third-order valence-corrected chi connectivity index (χ3v) is 4.16. The lowest BCUT2D eigenvalue weighted by molar-refractivity contribution is 0.146. The van der Waals surface area contributed by atoms with Crippen LogP contribution in [0.4, 0.5) is 0 Å². The molecule has 1 saturated heterocycles. The van der Waals surface area contributed by atoms with Gasteiger partial charge in [0.15, 0.2) is 0 Å². The first kappa shape index (κ1) is 11.1. The van der Waals surface area contributed by atoms with Crippen molar-refractivity contribution in [3.63, 3.8) is 0 Å². The van der Waals surface area contributed by atoms with E-state index in [9.17, 15) is 0 Å². The third-order valence-electron chi connectivity index (χ3n) is 3.18. The van der Waals surface area contributed by atoms with E-state index in [1.165, 1.54) is 35.6 Å². The van der Waals surface area contributed by atoms with Crippen molar-refractivity contribution in [1.29, 1.82) is 0 Å². The molecule has 0 spiro atoms. The molecule has 1 aliphatic heterocycles. The number of nitrogens with two attached hydrogens (primary N) is 1. The van der Waals surface area contributed by atoms with Crippen LogP contribution in [0.5, 0.6) is 0 Å². The molecule has 3 heteroatoms. The van der Waals surface area contributed by atoms with Crippen molar-refractivity contribution >= 4 is 11.3 Å². The zero-order valence-electron chi connectivity index (χ0n) is 9.41. The highest BCUT2D eigenvalue weighted by Gasteiger charge is 2.21. The van der Waals surface area contributed by atoms with Crippen LogP contribution in [0, 0.1) is 6.92 Å². The first-order valence-electron chi connectivity index (χ1n) is 5.79. The molecule has 0 amide bonds. The van der Waals surface area contributed by atoms with Crippen LogP contribution in [0.2, 0.25) is 0 Å². The summed E-state index contributed by atoms with van der Waals surface area (Å²) in [7, 11) is 0. The van der Waals surface area contributed by atoms with Gasteiger partial charge in [0.2, 0.25) is 0 Å². The Balaban J connectivity index is 1.97. The van der Waals surface area contributed by atoms with Crippen LogP contribution in [-0.2, 0) is 6.54 Å². The van der Waals surface area contributed by atoms with E-state index in [4.69, 9.17) is 5.73 Å². The summed E-state index contributed by atoms with van der Waals surface area (Å²) in [6.45, 7) is 5.30. The monoisotopic (exact) mass is 224 g/mol. The maximum atomic E-state index is 5.81. The van der Waals surface area contributed by atoms with Crippen molar-refractivity contribution in [1.82, 2.24) is 4.90 Å². The fourth-order valence-corrected chi connectivity index (χ4v) is 3.22. The molecule has 1 fully saturated rings. The Morgan fingerprint density at radius 2 is 2.33 bits per heavy atom. The van der Waals surface area contributed by atoms with Crippen molar-refractivity contribution in [2.75, 3.05) is 13.1 Å². The first-order valence-corrected chi connectivity index (χ1v) is 6.60. The quantitative estimate of drug-likeness (QED) is 0.854. The van der Waals surface area contributed by atoms with Crippen LogP contribution in [0.15, 0.2) is 12.1 Å². The van der Waals surface area contributed by atoms with Crippen molar-refractivity contribution in [3.8, 4) is 0 Å². The highest BCUT2D eigenvalue weighted by atomic mass is 32.1. The van der Waals surface area contributed by atoms with Gasteiger partial charge >= 0.3 is 0 Å². The minimum absolute atomic E-state index is 0.612. The van der Waals surface area contributed by atoms with Gasteiger partial charge < -0.3 is 5.73 Å². The summed E-state index contributed by atoms with van der Waals surface area (Å²) < 4.78 is 0. The topological polar surface area (TPSA) is 29.3 Å². The molecule has 1 aromatic rings. The minimum Gasteiger partial charge on any atom is -0.329 e. The normalized spacial score (nSPS) is 23.2. The zero-order chi connectivity index (χ0) is 10.7. The molecule has 84 valence electrons. The molecule has 0 aliphatic carbocycles. The van der Waals surface area contributed by atoms with Crippen LogP contribution in [0.25, 0.3) is 0 Å². The minimum atomic E-state index is 0.612. The van der Waals surface area contributed by atoms with Gasteiger partial charge in [-0.1, -0.05) is 6.42 Å². The summed E-state index contributed by atoms with van der Waals surface area (Å²) in [4.78, 5) is 5.44. The van der Waals surface area contributed by atoms with E-state index in [-0.39, 0.29) is 0 Å². The lowest BCUT2D eigenvalue weighted by Crippen LogP contribution is -2.43. The maximum Gasteiger partial charge on any atom is 0.0331 e. The lowest BCUT2D eigenvalue weighted by Gasteiger charge is -2.34. The fourth-order valence-electron chi connectivity index (χ4n) is 2.31. The van der Waals surface area contributed by atoms with Gasteiger partial charge in [-0.15, -0.1) is 11.3 Å². The van der Waals surface area contributed by atoms with Gasteiger partial charge in [0.1, 0.15) is 0 Å². The fraction of sp³-hybridized carbons (Fsp3) is 0.667. The molecular weight excluding hydrogens is 204 g/mol. The average Bonchev–Trinajstić information content (AvgIpc) is 2.65. The Morgan fingerprint density at radius 1 is 1.47 bits per heavy atom. The molecule has 1 aliphatic rings. The Morgan fingerprint density at radius 3 is 3.00 bits per heavy atom. The zero-order valence-corrected chi connectivity index (χ0v) is 10.2. The van der Waals surface area contributed by atoms with Crippen LogP contribution >= 0.6 is 11.3 Å². The number of thiophene rings is 1. The van der Waals surface area contributed by atoms with E-state index in [0.29, 0.717) is 6.04 Å². The van der Waals surface area contributed by atoms with Gasteiger partial charge in [-0.3, -0.25) is 4.90 Å². The number of aryl methyl sites for hydroxylation is 1. The Kier molecular flexibility index (Phi) is 3.78. The predicted molar refractivity (Wildman–Crippen MR) is 66.2 cm³/mol. The van der Waals surface area contributed by atoms with Crippen LogP contribution in [0.3, 0.4) is 0 Å². The second-order valence-electron chi connectivity index (χ2n) is 4.37. The number of hydrogen-bond acceptors (Lipinski definition) is 3. The second-order valence-corrected chi connectivity index (χ2v) is 5.74. The molecule has 2 heterocycles. The third kappa shape index (κ3) is 2.80. The summed E-state index contributed by atoms with van der Waals surface area (Å²) in [5.74, 6) is 0. The lowest BCUT2D eigenvalue weighted by atomic mass is 10.0. The molecule has 2 N–H and O–H groups in total. The summed E-state index contributed by atoms with van der Waals surface area (Å²) in [6.07, 6.45) is 3.96. The molecule has 2 nitrogen and oxygen atoms in total. The van der Waals surface area contributed by atoms with Crippen molar-refractivity contribution in [2.45, 2.75) is 38.8 Å². The smallest absolute Gasteiger partial charge is 0.0331 e. The average molecular weight is 224 g/mol. The van der Waals surface area contributed by atoms with E-state index >= 15 is 0 Å². The molecule has 0 radical (unpaired) electrons. The van der Waals surface area contributed by atoms with Crippen LogP contribution in [-0.4, -0.2) is 24.0 Å². The van der Waals surface area contributed by atoms with E-state index < -0.39 is 0 Å². The Hall–Kier alpha value is -0.380. The van der Waals surface area contributed by atoms with Crippen LogP contribution in [0.1, 0.15) is 29.0 Å². The summed E-state index contributed by atoms with van der Waals surface area (Å²) in [5, 5.41) is 0. The number of nitrogens with zero attached hydrogens (tertiary/aromatic N) is 1. The second kappa shape index (κ2) is 5.10. The Labute approximate surface area is 96.1 Å². The largest absolute Gasteiger partial charge is 0.329 e. The highest BCUT2D eigenvalue weighted by Crippen LogP contribution is 2.22. The summed E-state index contributed by atoms with van der Waals surface area (Å²) >= 11 is 1.91. The number of hydrogen-bond donors (Lipinski definition) is 1. The van der Waals surface area contributed by atoms with Crippen LogP contribution < -0.4 is 5.73 Å². The van der Waals surface area contributed by atoms with Gasteiger partial charge in [0.05, 0.1) is 0 Å². The van der Waals surface area contributed by atoms with Crippen molar-refractivity contribution in [3.05, 3.63) is 21.9 Å². The van der Waals surface area contributed by atoms with Gasteiger partial charge in [-0.2, -0.15) is 0 Å². The van der Waals surface area contributed by atoms with Gasteiger partial charge in [0, 0.05) is 28.9 Å². The number of piperidine rings is 1. The maximum absolute atomic E-state index is 5.81. The molecule has 0 aromatic carbocycles. The van der Waals surface area contributed by atoms with E-state index in [2.05, 4.69) is 24.0 Å². The van der Waals surface area contributed by atoms with Crippen molar-refractivity contribution < 1.29 is 0 Å². The van der Waals surface area contributed by atoms with Gasteiger partial charge in [-0.05, 0) is 38.4 Å². The Bertz CT molecular complexity index is 308. The molecule has 0 saturated carbocycles. The van der Waals surface area contributed by atoms with E-state index in [0.717, 1.165) is 13.1 Å². The molecule has 2 rings (SSSR count). The van der Waals surface area contributed by atoms with Crippen molar-refractivity contribution in [2.24, 2.45) is 5.73 Å². The van der Waals surface area contributed by atoms with Gasteiger partial charge in [0.25, 0.3) is 0 Å². The first-order chi connectivity index (χ1) is 7.29. The molecule has 1 atom stereocenters. The van der Waals surface area contributed by atoms with E-state index in [1.54, 1.807) is 0 Å².